The molecule has 2 aliphatic rings. The van der Waals surface area contributed by atoms with Gasteiger partial charge in [-0.05, 0) is 25.1 Å². The average Bonchev–Trinajstić information content (AvgIpc) is 2.74. The molecule has 0 spiro atoms. The Labute approximate surface area is 70.7 Å². The molecule has 0 aromatic rings. The number of carbonyl (C=O) groups excluding carboxylic acids is 1. The summed E-state index contributed by atoms with van der Waals surface area (Å²) in [4.78, 5) is 13.1. The van der Waals surface area contributed by atoms with Crippen LogP contribution in [0.3, 0.4) is 0 Å². The second-order valence-electron chi connectivity index (χ2n) is 3.00. The van der Waals surface area contributed by atoms with E-state index in [9.17, 15) is 4.79 Å². The van der Waals surface area contributed by atoms with E-state index in [1.54, 1.807) is 4.90 Å². The van der Waals surface area contributed by atoms with Crippen molar-refractivity contribution in [2.75, 3.05) is 13.1 Å². The largest absolute Gasteiger partial charge is 0.360 e. The van der Waals surface area contributed by atoms with E-state index in [4.69, 9.17) is 12.2 Å². The van der Waals surface area contributed by atoms with Crippen LogP contribution >= 0.6 is 12.2 Å². The van der Waals surface area contributed by atoms with E-state index < -0.39 is 0 Å². The van der Waals surface area contributed by atoms with Crippen LogP contribution in [0.25, 0.3) is 0 Å². The number of nitrogens with zero attached hydrogens (tertiary/aromatic N) is 1. The summed E-state index contributed by atoms with van der Waals surface area (Å²) in [6.07, 6.45) is 2.11. The quantitative estimate of drug-likeness (QED) is 0.567. The molecule has 0 unspecified atom stereocenters. The van der Waals surface area contributed by atoms with Crippen LogP contribution in [0.4, 0.5) is 0 Å². The van der Waals surface area contributed by atoms with Gasteiger partial charge in [-0.1, -0.05) is 0 Å². The maximum atomic E-state index is 11.4. The molecule has 2 rings (SSSR count). The third-order valence-corrected chi connectivity index (χ3v) is 2.41. The second-order valence-corrected chi connectivity index (χ2v) is 3.38. The van der Waals surface area contributed by atoms with Crippen LogP contribution in [-0.2, 0) is 4.79 Å². The highest BCUT2D eigenvalue weighted by atomic mass is 32.1. The van der Waals surface area contributed by atoms with E-state index in [-0.39, 0.29) is 11.8 Å². The molecule has 0 radical (unpaired) electrons. The number of hydrogen-bond donors (Lipinski definition) is 1. The molecule has 1 saturated heterocycles. The first kappa shape index (κ1) is 7.03. The number of hydrogen-bond acceptors (Lipinski definition) is 2. The fourth-order valence-electron chi connectivity index (χ4n) is 1.23. The van der Waals surface area contributed by atoms with E-state index in [0.717, 1.165) is 25.9 Å². The maximum Gasteiger partial charge on any atom is 0.231 e. The van der Waals surface area contributed by atoms with Gasteiger partial charge in [0.15, 0.2) is 5.11 Å². The van der Waals surface area contributed by atoms with Crippen LogP contribution in [0, 0.1) is 5.92 Å². The molecule has 1 amide bonds. The zero-order valence-electron chi connectivity index (χ0n) is 6.17. The zero-order chi connectivity index (χ0) is 7.84. The van der Waals surface area contributed by atoms with Crippen molar-refractivity contribution in [2.24, 2.45) is 5.92 Å². The van der Waals surface area contributed by atoms with Gasteiger partial charge < -0.3 is 5.32 Å². The Hall–Kier alpha value is -0.640. The molecular formula is C7H10N2OS. The van der Waals surface area contributed by atoms with E-state index >= 15 is 0 Å². The molecular weight excluding hydrogens is 160 g/mol. The Morgan fingerprint density at radius 3 is 2.82 bits per heavy atom. The van der Waals surface area contributed by atoms with Gasteiger partial charge in [0.05, 0.1) is 0 Å². The second kappa shape index (κ2) is 2.44. The van der Waals surface area contributed by atoms with Gasteiger partial charge in [-0.15, -0.1) is 0 Å². The highest BCUT2D eigenvalue weighted by Crippen LogP contribution is 2.31. The summed E-state index contributed by atoms with van der Waals surface area (Å²) in [6.45, 7) is 1.57. The number of carbonyl (C=O) groups is 1. The van der Waals surface area contributed by atoms with Crippen LogP contribution in [0.2, 0.25) is 0 Å². The van der Waals surface area contributed by atoms with E-state index in [1.807, 2.05) is 0 Å². The molecule has 0 aromatic heterocycles. The summed E-state index contributed by atoms with van der Waals surface area (Å²) in [7, 11) is 0. The molecule has 1 aliphatic carbocycles. The number of rotatable bonds is 1. The minimum absolute atomic E-state index is 0.222. The highest BCUT2D eigenvalue weighted by Gasteiger charge is 2.36. The minimum Gasteiger partial charge on any atom is -0.360 e. The highest BCUT2D eigenvalue weighted by molar-refractivity contribution is 7.80. The van der Waals surface area contributed by atoms with Crippen molar-refractivity contribution in [3.8, 4) is 0 Å². The summed E-state index contributed by atoms with van der Waals surface area (Å²) < 4.78 is 0. The fourth-order valence-corrected chi connectivity index (χ4v) is 1.52. The van der Waals surface area contributed by atoms with Crippen molar-refractivity contribution in [3.05, 3.63) is 0 Å². The smallest absolute Gasteiger partial charge is 0.231 e. The molecule has 1 saturated carbocycles. The van der Waals surface area contributed by atoms with Crippen molar-refractivity contribution in [2.45, 2.75) is 12.8 Å². The predicted molar refractivity (Wildman–Crippen MR) is 45.0 cm³/mol. The van der Waals surface area contributed by atoms with Gasteiger partial charge in [0, 0.05) is 19.0 Å². The lowest BCUT2D eigenvalue weighted by atomic mass is 10.3. The van der Waals surface area contributed by atoms with Crippen LogP contribution in [-0.4, -0.2) is 29.0 Å². The number of thiocarbonyl (C=S) groups is 1. The molecule has 3 nitrogen and oxygen atoms in total. The van der Waals surface area contributed by atoms with Gasteiger partial charge in [-0.25, -0.2) is 0 Å². The first-order chi connectivity index (χ1) is 5.29. The number of amides is 1. The molecule has 0 bridgehead atoms. The lowest BCUT2D eigenvalue weighted by Gasteiger charge is -2.12. The van der Waals surface area contributed by atoms with Crippen LogP contribution in [0.1, 0.15) is 12.8 Å². The summed E-state index contributed by atoms with van der Waals surface area (Å²) in [6, 6.07) is 0. The third-order valence-electron chi connectivity index (χ3n) is 2.05. The van der Waals surface area contributed by atoms with Crippen molar-refractivity contribution in [1.82, 2.24) is 10.2 Å². The molecule has 1 heterocycles. The molecule has 60 valence electrons. The summed E-state index contributed by atoms with van der Waals surface area (Å²) >= 11 is 4.96. The summed E-state index contributed by atoms with van der Waals surface area (Å²) in [5, 5.41) is 3.58. The lowest BCUT2D eigenvalue weighted by molar-refractivity contribution is -0.128. The predicted octanol–water partition coefficient (Wildman–Crippen LogP) is 0.113. The van der Waals surface area contributed by atoms with Gasteiger partial charge in [0.1, 0.15) is 0 Å². The van der Waals surface area contributed by atoms with Crippen molar-refractivity contribution in [3.63, 3.8) is 0 Å². The zero-order valence-corrected chi connectivity index (χ0v) is 6.99. The molecule has 11 heavy (non-hydrogen) atoms. The SMILES string of the molecule is O=C(C1CC1)N1CCNC1=S. The van der Waals surface area contributed by atoms with Crippen LogP contribution < -0.4 is 5.32 Å². The van der Waals surface area contributed by atoms with Gasteiger partial charge in [-0.3, -0.25) is 9.69 Å². The van der Waals surface area contributed by atoms with E-state index in [1.165, 1.54) is 0 Å². The molecule has 0 aromatic carbocycles. The standard InChI is InChI=1S/C7H10N2OS/c10-6(5-1-2-5)9-4-3-8-7(9)11/h5H,1-4H2,(H,8,11). The van der Waals surface area contributed by atoms with Crippen LogP contribution in [0.5, 0.6) is 0 Å². The Balaban J connectivity index is 2.02. The van der Waals surface area contributed by atoms with Gasteiger partial charge in [-0.2, -0.15) is 0 Å². The Bertz CT molecular complexity index is 212. The summed E-state index contributed by atoms with van der Waals surface area (Å²) in [5.41, 5.74) is 0. The van der Waals surface area contributed by atoms with Crippen molar-refractivity contribution in [1.29, 1.82) is 0 Å². The van der Waals surface area contributed by atoms with Crippen LogP contribution in [0.15, 0.2) is 0 Å². The van der Waals surface area contributed by atoms with Gasteiger partial charge in [0.2, 0.25) is 5.91 Å². The van der Waals surface area contributed by atoms with Gasteiger partial charge >= 0.3 is 0 Å². The first-order valence-corrected chi connectivity index (χ1v) is 4.29. The molecule has 4 heteroatoms. The Morgan fingerprint density at radius 2 is 2.36 bits per heavy atom. The Morgan fingerprint density at radius 1 is 1.64 bits per heavy atom. The topological polar surface area (TPSA) is 32.3 Å². The normalized spacial score (nSPS) is 23.6. The van der Waals surface area contributed by atoms with Crippen molar-refractivity contribution >= 4 is 23.2 Å². The monoisotopic (exact) mass is 170 g/mol. The first-order valence-electron chi connectivity index (χ1n) is 3.88. The molecule has 0 atom stereocenters. The van der Waals surface area contributed by atoms with Crippen molar-refractivity contribution < 1.29 is 4.79 Å². The third kappa shape index (κ3) is 1.22. The average molecular weight is 170 g/mol. The molecule has 1 N–H and O–H groups in total. The fraction of sp³-hybridized carbons (Fsp3) is 0.714. The maximum absolute atomic E-state index is 11.4. The van der Waals surface area contributed by atoms with Gasteiger partial charge in [0.25, 0.3) is 0 Å². The van der Waals surface area contributed by atoms with E-state index in [2.05, 4.69) is 5.32 Å². The molecule has 1 aliphatic heterocycles. The molecule has 2 fully saturated rings. The van der Waals surface area contributed by atoms with E-state index in [0.29, 0.717) is 5.11 Å². The number of nitrogens with one attached hydrogen (secondary N) is 1. The summed E-state index contributed by atoms with van der Waals surface area (Å²) in [5.74, 6) is 0.507. The lowest BCUT2D eigenvalue weighted by Crippen LogP contribution is -2.34. The minimum atomic E-state index is 0.222. The Kier molecular flexibility index (Phi) is 1.56.